The smallest absolute Gasteiger partial charge is 0.310 e. The average molecular weight is 325 g/mol. The van der Waals surface area contributed by atoms with Gasteiger partial charge in [0.25, 0.3) is 5.56 Å². The van der Waals surface area contributed by atoms with Gasteiger partial charge in [-0.15, -0.1) is 11.3 Å². The normalized spacial score (nSPS) is 12.0. The first-order valence-corrected chi connectivity index (χ1v) is 7.12. The fraction of sp³-hybridized carbons (Fsp3) is 0.214. The van der Waals surface area contributed by atoms with Gasteiger partial charge in [0.2, 0.25) is 0 Å². The van der Waals surface area contributed by atoms with Crippen molar-refractivity contribution in [1.29, 1.82) is 0 Å². The number of aromatic amines is 1. The summed E-state index contributed by atoms with van der Waals surface area (Å²) < 4.78 is 38.3. The molecule has 8 heteroatoms. The van der Waals surface area contributed by atoms with Crippen molar-refractivity contribution in [1.82, 2.24) is 15.0 Å². The molecule has 0 bridgehead atoms. The van der Waals surface area contributed by atoms with E-state index in [4.69, 9.17) is 0 Å². The summed E-state index contributed by atoms with van der Waals surface area (Å²) in [7, 11) is 0. The Morgan fingerprint density at radius 3 is 2.68 bits per heavy atom. The van der Waals surface area contributed by atoms with Crippen molar-refractivity contribution < 1.29 is 13.2 Å². The number of nitrogens with zero attached hydrogens (tertiary/aromatic N) is 2. The van der Waals surface area contributed by atoms with Crippen molar-refractivity contribution in [3.63, 3.8) is 0 Å². The molecule has 0 saturated carbocycles. The third kappa shape index (κ3) is 2.39. The first-order chi connectivity index (χ1) is 10.3. The van der Waals surface area contributed by atoms with Crippen LogP contribution in [-0.4, -0.2) is 15.0 Å². The molecule has 0 saturated heterocycles. The second-order valence-corrected chi connectivity index (χ2v) is 5.81. The van der Waals surface area contributed by atoms with E-state index in [0.717, 1.165) is 12.3 Å². The number of H-pyrrole nitrogens is 1. The number of hydrogen-bond donors (Lipinski definition) is 1. The number of rotatable bonds is 1. The molecule has 0 aliphatic carbocycles. The second-order valence-electron chi connectivity index (χ2n) is 4.82. The van der Waals surface area contributed by atoms with Gasteiger partial charge in [0.05, 0.1) is 5.39 Å². The molecule has 0 aliphatic rings. The highest BCUT2D eigenvalue weighted by molar-refractivity contribution is 7.22. The fourth-order valence-corrected chi connectivity index (χ4v) is 3.48. The molecule has 114 valence electrons. The molecule has 0 aromatic carbocycles. The molecule has 0 spiro atoms. The average Bonchev–Trinajstić information content (AvgIpc) is 2.75. The van der Waals surface area contributed by atoms with Crippen LogP contribution in [0.25, 0.3) is 20.7 Å². The predicted octanol–water partition coefficient (Wildman–Crippen LogP) is 3.68. The molecule has 3 aromatic rings. The lowest BCUT2D eigenvalue weighted by molar-refractivity contribution is -0.141. The number of nitrogens with one attached hydrogen (secondary N) is 1. The minimum atomic E-state index is -4.51. The highest BCUT2D eigenvalue weighted by Gasteiger charge is 2.32. The molecule has 3 aromatic heterocycles. The third-order valence-electron chi connectivity index (χ3n) is 3.23. The topological polar surface area (TPSA) is 58.6 Å². The van der Waals surface area contributed by atoms with Crippen molar-refractivity contribution in [2.45, 2.75) is 20.0 Å². The molecule has 4 nitrogen and oxygen atoms in total. The molecular formula is C14H10F3N3OS. The lowest BCUT2D eigenvalue weighted by Gasteiger charge is -2.07. The van der Waals surface area contributed by atoms with E-state index in [9.17, 15) is 18.0 Å². The summed E-state index contributed by atoms with van der Waals surface area (Å²) in [5.74, 6) is 0.469. The van der Waals surface area contributed by atoms with Crippen LogP contribution < -0.4 is 5.56 Å². The first-order valence-electron chi connectivity index (χ1n) is 6.31. The van der Waals surface area contributed by atoms with E-state index in [1.807, 2.05) is 0 Å². The van der Waals surface area contributed by atoms with Crippen LogP contribution in [0.5, 0.6) is 0 Å². The van der Waals surface area contributed by atoms with Crippen molar-refractivity contribution >= 4 is 21.6 Å². The van der Waals surface area contributed by atoms with E-state index in [0.29, 0.717) is 32.0 Å². The molecular weight excluding hydrogens is 315 g/mol. The second kappa shape index (κ2) is 4.91. The highest BCUT2D eigenvalue weighted by atomic mass is 32.1. The Hall–Kier alpha value is -2.22. The number of fused-ring (bicyclic) bond motifs is 1. The van der Waals surface area contributed by atoms with E-state index in [2.05, 4.69) is 15.0 Å². The van der Waals surface area contributed by atoms with Gasteiger partial charge in [-0.1, -0.05) is 0 Å². The van der Waals surface area contributed by atoms with Gasteiger partial charge < -0.3 is 4.98 Å². The van der Waals surface area contributed by atoms with Crippen LogP contribution in [0.4, 0.5) is 13.2 Å². The number of thiophene rings is 1. The monoisotopic (exact) mass is 325 g/mol. The molecule has 0 radical (unpaired) electrons. The van der Waals surface area contributed by atoms with Crippen molar-refractivity contribution in [3.8, 4) is 10.4 Å². The number of halogens is 3. The van der Waals surface area contributed by atoms with Gasteiger partial charge in [0.15, 0.2) is 0 Å². The maximum atomic E-state index is 12.8. The number of aromatic nitrogens is 3. The van der Waals surface area contributed by atoms with Crippen LogP contribution in [0.15, 0.2) is 23.1 Å². The summed E-state index contributed by atoms with van der Waals surface area (Å²) in [6.07, 6.45) is -3.39. The summed E-state index contributed by atoms with van der Waals surface area (Å²) in [5.41, 5.74) is -0.250. The lowest BCUT2D eigenvalue weighted by atomic mass is 10.1. The standard InChI is InChI=1S/C14H10F3N3OS/c1-6-10-12(21)19-7(2)20-13(10)22-11(6)8-3-4-18-9(5-8)14(15,16)17/h3-5H,1-2H3,(H,19,20,21). The van der Waals surface area contributed by atoms with E-state index in [1.165, 1.54) is 17.4 Å². The number of hydrogen-bond acceptors (Lipinski definition) is 4. The van der Waals surface area contributed by atoms with Crippen LogP contribution in [0.1, 0.15) is 17.1 Å². The molecule has 1 N–H and O–H groups in total. The van der Waals surface area contributed by atoms with E-state index >= 15 is 0 Å². The van der Waals surface area contributed by atoms with Crippen molar-refractivity contribution in [2.24, 2.45) is 0 Å². The predicted molar refractivity (Wildman–Crippen MR) is 77.9 cm³/mol. The Kier molecular flexibility index (Phi) is 3.28. The summed E-state index contributed by atoms with van der Waals surface area (Å²) in [6, 6.07) is 2.48. The van der Waals surface area contributed by atoms with Gasteiger partial charge in [0.1, 0.15) is 16.3 Å². The molecule has 3 rings (SSSR count). The van der Waals surface area contributed by atoms with Gasteiger partial charge in [-0.3, -0.25) is 9.78 Å². The quantitative estimate of drug-likeness (QED) is 0.742. The Labute approximate surface area is 126 Å². The minimum absolute atomic E-state index is 0.285. The first kappa shape index (κ1) is 14.7. The van der Waals surface area contributed by atoms with E-state index in [1.54, 1.807) is 13.8 Å². The van der Waals surface area contributed by atoms with Crippen LogP contribution in [-0.2, 0) is 6.18 Å². The Morgan fingerprint density at radius 2 is 2.00 bits per heavy atom. The largest absolute Gasteiger partial charge is 0.433 e. The maximum absolute atomic E-state index is 12.8. The minimum Gasteiger partial charge on any atom is -0.310 e. The van der Waals surface area contributed by atoms with Crippen LogP contribution in [0, 0.1) is 13.8 Å². The summed E-state index contributed by atoms with van der Waals surface area (Å²) in [4.78, 5) is 23.3. The van der Waals surface area contributed by atoms with Crippen LogP contribution >= 0.6 is 11.3 Å². The van der Waals surface area contributed by atoms with Gasteiger partial charge in [0, 0.05) is 11.1 Å². The Balaban J connectivity index is 2.25. The Bertz CT molecular complexity index is 927. The van der Waals surface area contributed by atoms with Gasteiger partial charge >= 0.3 is 6.18 Å². The molecule has 0 atom stereocenters. The number of alkyl halides is 3. The molecule has 0 fully saturated rings. The molecule has 0 unspecified atom stereocenters. The summed E-state index contributed by atoms with van der Waals surface area (Å²) in [5, 5.41) is 0.413. The van der Waals surface area contributed by atoms with Crippen molar-refractivity contribution in [2.75, 3.05) is 0 Å². The van der Waals surface area contributed by atoms with Crippen LogP contribution in [0.3, 0.4) is 0 Å². The van der Waals surface area contributed by atoms with Gasteiger partial charge in [-0.2, -0.15) is 13.2 Å². The molecule has 0 aliphatic heterocycles. The zero-order chi connectivity index (χ0) is 16.1. The molecule has 0 amide bonds. The molecule has 22 heavy (non-hydrogen) atoms. The molecule has 3 heterocycles. The van der Waals surface area contributed by atoms with Gasteiger partial charge in [-0.25, -0.2) is 4.98 Å². The number of pyridine rings is 1. The zero-order valence-electron chi connectivity index (χ0n) is 11.6. The van der Waals surface area contributed by atoms with Crippen molar-refractivity contribution in [3.05, 3.63) is 45.8 Å². The highest BCUT2D eigenvalue weighted by Crippen LogP contribution is 2.37. The lowest BCUT2D eigenvalue weighted by Crippen LogP contribution is -2.09. The Morgan fingerprint density at radius 1 is 1.27 bits per heavy atom. The third-order valence-corrected chi connectivity index (χ3v) is 4.47. The fourth-order valence-electron chi connectivity index (χ4n) is 2.25. The van der Waals surface area contributed by atoms with E-state index < -0.39 is 11.9 Å². The maximum Gasteiger partial charge on any atom is 0.433 e. The summed E-state index contributed by atoms with van der Waals surface area (Å²) in [6.45, 7) is 3.36. The van der Waals surface area contributed by atoms with Gasteiger partial charge in [-0.05, 0) is 37.1 Å². The number of aryl methyl sites for hydroxylation is 2. The zero-order valence-corrected chi connectivity index (χ0v) is 12.4. The van der Waals surface area contributed by atoms with Crippen LogP contribution in [0.2, 0.25) is 0 Å². The summed E-state index contributed by atoms with van der Waals surface area (Å²) >= 11 is 1.20. The SMILES string of the molecule is Cc1nc2sc(-c3ccnc(C(F)(F)F)c3)c(C)c2c(=O)[nH]1. The van der Waals surface area contributed by atoms with E-state index in [-0.39, 0.29) is 5.56 Å².